The summed E-state index contributed by atoms with van der Waals surface area (Å²) in [5, 5.41) is 1.73. The van der Waals surface area contributed by atoms with Gasteiger partial charge < -0.3 is 14.5 Å². The van der Waals surface area contributed by atoms with Crippen LogP contribution in [-0.4, -0.2) is 69.8 Å². The molecule has 1 saturated heterocycles. The Morgan fingerprint density at radius 3 is 2.48 bits per heavy atom. The van der Waals surface area contributed by atoms with E-state index >= 15 is 0 Å². The van der Waals surface area contributed by atoms with Gasteiger partial charge in [-0.1, -0.05) is 58.0 Å². The molecule has 3 aromatic rings. The zero-order chi connectivity index (χ0) is 28.5. The Hall–Kier alpha value is -3.24. The zero-order valence-corrected chi connectivity index (χ0v) is 25.5. The fourth-order valence-electron chi connectivity index (χ4n) is 4.63. The van der Waals surface area contributed by atoms with Gasteiger partial charge in [-0.2, -0.15) is 0 Å². The summed E-state index contributed by atoms with van der Waals surface area (Å²) >= 11 is 4.90. The van der Waals surface area contributed by atoms with Crippen molar-refractivity contribution in [3.63, 3.8) is 0 Å². The molecule has 0 N–H and O–H groups in total. The molecule has 1 aromatic heterocycles. The number of pyridine rings is 1. The highest BCUT2D eigenvalue weighted by molar-refractivity contribution is 9.10. The van der Waals surface area contributed by atoms with Crippen molar-refractivity contribution in [3.8, 4) is 0 Å². The van der Waals surface area contributed by atoms with Crippen LogP contribution in [0.15, 0.2) is 75.3 Å². The number of likely N-dealkylation sites (tertiary alicyclic amines) is 1. The first-order valence-corrected chi connectivity index (χ1v) is 15.0. The summed E-state index contributed by atoms with van der Waals surface area (Å²) in [5.41, 5.74) is 2.16. The lowest BCUT2D eigenvalue weighted by Gasteiger charge is -2.36. The van der Waals surface area contributed by atoms with Crippen LogP contribution in [0.3, 0.4) is 0 Å². The second-order valence-electron chi connectivity index (χ2n) is 11.0. The quantitative estimate of drug-likeness (QED) is 0.340. The van der Waals surface area contributed by atoms with Crippen molar-refractivity contribution >= 4 is 67.0 Å². The van der Waals surface area contributed by atoms with Gasteiger partial charge in [-0.15, -0.1) is 0 Å². The number of piperidine rings is 1. The molecular weight excluding hydrogens is 590 g/mol. The number of halogens is 1. The van der Waals surface area contributed by atoms with E-state index in [1.807, 2.05) is 75.4 Å². The number of hydrogen-bond donors (Lipinski definition) is 0. The fourth-order valence-corrected chi connectivity index (χ4v) is 5.88. The number of para-hydroxylation sites is 1. The van der Waals surface area contributed by atoms with Crippen LogP contribution in [0.25, 0.3) is 10.9 Å². The smallest absolute Gasteiger partial charge is 0.410 e. The van der Waals surface area contributed by atoms with Gasteiger partial charge in [0.2, 0.25) is 5.91 Å². The summed E-state index contributed by atoms with van der Waals surface area (Å²) < 4.78 is 6.53. The number of carbonyl (C=O) groups excluding carboxylic acids is 2. The standard InChI is InChI=1S/C30H32BrN5O3S/c1-29(2,3)39-28(38)36-15-13-30(14-16-36)33-26(20-9-11-22(31)12-10-20)27(34-30)40-19-25(37)35(4)23-17-21-7-5-6-8-24(21)32-18-23/h5-12,17-18H,13-16,19H2,1-4H3. The largest absolute Gasteiger partial charge is 0.444 e. The second kappa shape index (κ2) is 11.3. The van der Waals surface area contributed by atoms with E-state index < -0.39 is 11.3 Å². The summed E-state index contributed by atoms with van der Waals surface area (Å²) in [6, 6.07) is 17.8. The maximum absolute atomic E-state index is 13.2. The average molecular weight is 623 g/mol. The molecule has 0 aliphatic carbocycles. The molecule has 0 atom stereocenters. The Morgan fingerprint density at radius 2 is 1.77 bits per heavy atom. The van der Waals surface area contributed by atoms with E-state index in [0.717, 1.165) is 37.4 Å². The van der Waals surface area contributed by atoms with E-state index in [1.165, 1.54) is 11.8 Å². The molecule has 2 aliphatic rings. The van der Waals surface area contributed by atoms with E-state index in [2.05, 4.69) is 20.9 Å². The van der Waals surface area contributed by atoms with Gasteiger partial charge in [0.05, 0.1) is 28.9 Å². The number of aliphatic imine (C=N–C) groups is 2. The molecule has 2 aromatic carbocycles. The molecule has 0 unspecified atom stereocenters. The molecule has 2 amide bonds. The summed E-state index contributed by atoms with van der Waals surface area (Å²) in [5.74, 6) is 0.151. The summed E-state index contributed by atoms with van der Waals surface area (Å²) in [7, 11) is 1.77. The molecule has 5 rings (SSSR count). The van der Waals surface area contributed by atoms with Crippen molar-refractivity contribution in [1.29, 1.82) is 0 Å². The highest BCUT2D eigenvalue weighted by Crippen LogP contribution is 2.36. The van der Waals surface area contributed by atoms with E-state index in [4.69, 9.17) is 14.7 Å². The van der Waals surface area contributed by atoms with Gasteiger partial charge in [0.25, 0.3) is 0 Å². The molecule has 3 heterocycles. The number of fused-ring (bicyclic) bond motifs is 1. The molecule has 0 radical (unpaired) electrons. The first kappa shape index (κ1) is 28.3. The fraction of sp³-hybridized carbons (Fsp3) is 0.367. The van der Waals surface area contributed by atoms with E-state index in [-0.39, 0.29) is 17.8 Å². The van der Waals surface area contributed by atoms with Crippen LogP contribution in [-0.2, 0) is 9.53 Å². The van der Waals surface area contributed by atoms with Gasteiger partial charge >= 0.3 is 6.09 Å². The number of amides is 2. The third-order valence-corrected chi connectivity index (χ3v) is 8.31. The molecule has 0 bridgehead atoms. The number of hydrogen-bond acceptors (Lipinski definition) is 7. The molecule has 0 saturated carbocycles. The highest BCUT2D eigenvalue weighted by atomic mass is 79.9. The summed E-state index contributed by atoms with van der Waals surface area (Å²) in [4.78, 5) is 43.9. The van der Waals surface area contributed by atoms with Crippen LogP contribution >= 0.6 is 27.7 Å². The Labute approximate surface area is 247 Å². The van der Waals surface area contributed by atoms with Gasteiger partial charge in [-0.05, 0) is 45.0 Å². The van der Waals surface area contributed by atoms with E-state index in [0.29, 0.717) is 25.9 Å². The highest BCUT2D eigenvalue weighted by Gasteiger charge is 2.41. The van der Waals surface area contributed by atoms with Gasteiger partial charge in [-0.25, -0.2) is 9.79 Å². The monoisotopic (exact) mass is 621 g/mol. The minimum absolute atomic E-state index is 0.0550. The Bertz CT molecular complexity index is 1490. The zero-order valence-electron chi connectivity index (χ0n) is 23.1. The maximum atomic E-state index is 13.2. The Kier molecular flexibility index (Phi) is 8.01. The predicted octanol–water partition coefficient (Wildman–Crippen LogP) is 6.32. The van der Waals surface area contributed by atoms with Gasteiger partial charge in [0.1, 0.15) is 10.6 Å². The van der Waals surface area contributed by atoms with Crippen molar-refractivity contribution in [2.24, 2.45) is 9.98 Å². The maximum Gasteiger partial charge on any atom is 0.410 e. The van der Waals surface area contributed by atoms with Crippen LogP contribution in [0, 0.1) is 0 Å². The molecule has 10 heteroatoms. The number of thioether (sulfide) groups is 1. The third-order valence-electron chi connectivity index (χ3n) is 6.84. The minimum atomic E-state index is -0.652. The van der Waals surface area contributed by atoms with Crippen LogP contribution in [0.2, 0.25) is 0 Å². The van der Waals surface area contributed by atoms with Gasteiger partial charge in [0.15, 0.2) is 5.66 Å². The Balaban J connectivity index is 1.32. The van der Waals surface area contributed by atoms with Crippen molar-refractivity contribution in [1.82, 2.24) is 9.88 Å². The average Bonchev–Trinajstić information content (AvgIpc) is 3.28. The van der Waals surface area contributed by atoms with Crippen LogP contribution in [0.1, 0.15) is 39.2 Å². The van der Waals surface area contributed by atoms with Crippen LogP contribution < -0.4 is 4.90 Å². The van der Waals surface area contributed by atoms with Crippen molar-refractivity contribution < 1.29 is 14.3 Å². The number of benzene rings is 2. The lowest BCUT2D eigenvalue weighted by atomic mass is 9.99. The third kappa shape index (κ3) is 6.39. The SMILES string of the molecule is CN(C(=O)CSC1=NC2(CCN(C(=O)OC(C)(C)C)CC2)N=C1c1ccc(Br)cc1)c1cnc2ccccc2c1. The first-order chi connectivity index (χ1) is 19.0. The molecule has 40 heavy (non-hydrogen) atoms. The van der Waals surface area contributed by atoms with Crippen molar-refractivity contribution in [3.05, 3.63) is 70.8 Å². The van der Waals surface area contributed by atoms with Crippen molar-refractivity contribution in [2.45, 2.75) is 44.9 Å². The van der Waals surface area contributed by atoms with Crippen molar-refractivity contribution in [2.75, 3.05) is 30.8 Å². The number of carbonyl (C=O) groups is 2. The lowest BCUT2D eigenvalue weighted by Crippen LogP contribution is -2.46. The minimum Gasteiger partial charge on any atom is -0.444 e. The number of nitrogens with zero attached hydrogens (tertiary/aromatic N) is 5. The van der Waals surface area contributed by atoms with E-state index in [9.17, 15) is 9.59 Å². The Morgan fingerprint density at radius 1 is 1.07 bits per heavy atom. The topological polar surface area (TPSA) is 87.5 Å². The second-order valence-corrected chi connectivity index (χ2v) is 12.8. The molecule has 1 fully saturated rings. The number of rotatable bonds is 4. The molecule has 1 spiro atoms. The normalized spacial score (nSPS) is 16.6. The number of anilines is 1. The predicted molar refractivity (Wildman–Crippen MR) is 165 cm³/mol. The number of ether oxygens (including phenoxy) is 1. The molecule has 8 nitrogen and oxygen atoms in total. The summed E-state index contributed by atoms with van der Waals surface area (Å²) in [6.45, 7) is 6.61. The lowest BCUT2D eigenvalue weighted by molar-refractivity contribution is -0.115. The van der Waals surface area contributed by atoms with Gasteiger partial charge in [-0.3, -0.25) is 14.8 Å². The molecule has 208 valence electrons. The number of aromatic nitrogens is 1. The van der Waals surface area contributed by atoms with E-state index in [1.54, 1.807) is 23.0 Å². The van der Waals surface area contributed by atoms with Crippen LogP contribution in [0.4, 0.5) is 10.5 Å². The molecule has 2 aliphatic heterocycles. The first-order valence-electron chi connectivity index (χ1n) is 13.2. The molecular formula is C30H32BrN5O3S. The van der Waals surface area contributed by atoms with Gasteiger partial charge in [0, 0.05) is 48.4 Å². The van der Waals surface area contributed by atoms with Crippen LogP contribution in [0.5, 0.6) is 0 Å². The summed E-state index contributed by atoms with van der Waals surface area (Å²) in [6.07, 6.45) is 2.59.